The minimum Gasteiger partial charge on any atom is -0.499 e. The summed E-state index contributed by atoms with van der Waals surface area (Å²) in [5.74, 6) is -0.504. The summed E-state index contributed by atoms with van der Waals surface area (Å²) in [5.41, 5.74) is -0.907. The number of aromatic hydroxyl groups is 1. The van der Waals surface area contributed by atoms with Crippen LogP contribution in [0.3, 0.4) is 0 Å². The third-order valence-electron chi connectivity index (χ3n) is 4.65. The first-order valence-electron chi connectivity index (χ1n) is 9.27. The van der Waals surface area contributed by atoms with Gasteiger partial charge in [0.25, 0.3) is 0 Å². The number of benzene rings is 1. The van der Waals surface area contributed by atoms with Crippen LogP contribution in [-0.4, -0.2) is 69.5 Å². The van der Waals surface area contributed by atoms with Crippen molar-refractivity contribution in [3.63, 3.8) is 0 Å². The minimum atomic E-state index is -1.58. The molecule has 1 saturated heterocycles. The van der Waals surface area contributed by atoms with Gasteiger partial charge in [-0.25, -0.2) is 4.79 Å². The fraction of sp³-hybridized carbons (Fsp3) is 0.526. The molecule has 160 valence electrons. The Bertz CT molecular complexity index is 892. The van der Waals surface area contributed by atoms with E-state index in [4.69, 9.17) is 18.6 Å². The molecule has 0 radical (unpaired) electrons. The summed E-state index contributed by atoms with van der Waals surface area (Å²) in [4.78, 5) is 11.9. The summed E-state index contributed by atoms with van der Waals surface area (Å²) in [6.07, 6.45) is -5.56. The van der Waals surface area contributed by atoms with Crippen molar-refractivity contribution in [2.75, 3.05) is 13.2 Å². The standard InChI is InChI=1S/C19H24O10/c1-2-3-6-26-17-10-5-4-9(7-11(10)28-18(25)16(17)24)27-19-15(23)14(22)13(21)12(8-20)29-19/h4-5,7,12-15,19-24H,2-3,6,8H2,1H3/t12-,13-,14+,15+,19-/m1/s1. The molecular weight excluding hydrogens is 388 g/mol. The zero-order valence-corrected chi connectivity index (χ0v) is 15.7. The van der Waals surface area contributed by atoms with Crippen molar-refractivity contribution in [1.82, 2.24) is 0 Å². The molecule has 0 bridgehead atoms. The van der Waals surface area contributed by atoms with Gasteiger partial charge in [-0.3, -0.25) is 0 Å². The van der Waals surface area contributed by atoms with Crippen molar-refractivity contribution in [1.29, 1.82) is 0 Å². The second-order valence-corrected chi connectivity index (χ2v) is 6.74. The van der Waals surface area contributed by atoms with Gasteiger partial charge >= 0.3 is 5.63 Å². The van der Waals surface area contributed by atoms with Gasteiger partial charge in [-0.1, -0.05) is 13.3 Å². The summed E-state index contributed by atoms with van der Waals surface area (Å²) in [6.45, 7) is 1.70. The number of hydrogen-bond donors (Lipinski definition) is 5. The van der Waals surface area contributed by atoms with Gasteiger partial charge in [0.05, 0.1) is 18.6 Å². The van der Waals surface area contributed by atoms with E-state index < -0.39 is 48.7 Å². The van der Waals surface area contributed by atoms with Crippen molar-refractivity contribution >= 4 is 11.0 Å². The van der Waals surface area contributed by atoms with Crippen LogP contribution in [0.15, 0.2) is 27.4 Å². The monoisotopic (exact) mass is 412 g/mol. The second-order valence-electron chi connectivity index (χ2n) is 6.74. The Morgan fingerprint density at radius 1 is 1.14 bits per heavy atom. The maximum absolute atomic E-state index is 11.9. The predicted molar refractivity (Wildman–Crippen MR) is 98.9 cm³/mol. The molecular formula is C19H24O10. The fourth-order valence-electron chi connectivity index (χ4n) is 2.98. The van der Waals surface area contributed by atoms with Gasteiger partial charge in [-0.15, -0.1) is 0 Å². The average Bonchev–Trinajstić information content (AvgIpc) is 2.71. The number of ether oxygens (including phenoxy) is 3. The Kier molecular flexibility index (Phi) is 6.60. The van der Waals surface area contributed by atoms with E-state index in [1.54, 1.807) is 0 Å². The van der Waals surface area contributed by atoms with Crippen LogP contribution < -0.4 is 15.1 Å². The topological polar surface area (TPSA) is 159 Å². The first kappa shape index (κ1) is 21.3. The smallest absolute Gasteiger partial charge is 0.382 e. The minimum absolute atomic E-state index is 0.00379. The van der Waals surface area contributed by atoms with Crippen LogP contribution in [0.1, 0.15) is 19.8 Å². The zero-order chi connectivity index (χ0) is 21.1. The maximum atomic E-state index is 11.9. The van der Waals surface area contributed by atoms with Crippen LogP contribution in [0.25, 0.3) is 11.0 Å². The van der Waals surface area contributed by atoms with Gasteiger partial charge in [0.2, 0.25) is 12.0 Å². The number of hydrogen-bond acceptors (Lipinski definition) is 10. The third kappa shape index (κ3) is 4.31. The Morgan fingerprint density at radius 2 is 1.90 bits per heavy atom. The van der Waals surface area contributed by atoms with E-state index in [2.05, 4.69) is 0 Å². The highest BCUT2D eigenvalue weighted by Gasteiger charge is 2.44. The number of unbranched alkanes of at least 4 members (excludes halogenated alkanes) is 1. The lowest BCUT2D eigenvalue weighted by Gasteiger charge is -2.39. The molecule has 10 heteroatoms. The lowest BCUT2D eigenvalue weighted by molar-refractivity contribution is -0.277. The Balaban J connectivity index is 1.88. The van der Waals surface area contributed by atoms with Crippen LogP contribution in [0.5, 0.6) is 17.2 Å². The highest BCUT2D eigenvalue weighted by molar-refractivity contribution is 5.86. The van der Waals surface area contributed by atoms with Crippen molar-refractivity contribution in [2.45, 2.75) is 50.5 Å². The van der Waals surface area contributed by atoms with Crippen LogP contribution >= 0.6 is 0 Å². The normalized spacial score (nSPS) is 27.1. The van der Waals surface area contributed by atoms with E-state index in [9.17, 15) is 30.3 Å². The molecule has 0 spiro atoms. The van der Waals surface area contributed by atoms with E-state index in [1.807, 2.05) is 6.92 Å². The molecule has 1 aromatic heterocycles. The summed E-state index contributed by atoms with van der Waals surface area (Å²) < 4.78 is 21.4. The van der Waals surface area contributed by atoms with Gasteiger partial charge in [0, 0.05) is 6.07 Å². The number of rotatable bonds is 7. The van der Waals surface area contributed by atoms with Crippen molar-refractivity contribution < 1.29 is 44.2 Å². The van der Waals surface area contributed by atoms with Gasteiger partial charge in [0.15, 0.2) is 5.75 Å². The molecule has 29 heavy (non-hydrogen) atoms. The summed E-state index contributed by atoms with van der Waals surface area (Å²) in [6, 6.07) is 4.30. The summed E-state index contributed by atoms with van der Waals surface area (Å²) in [5, 5.41) is 49.3. The van der Waals surface area contributed by atoms with E-state index in [0.29, 0.717) is 12.0 Å². The van der Waals surface area contributed by atoms with Crippen LogP contribution in [0, 0.1) is 0 Å². The van der Waals surface area contributed by atoms with E-state index in [-0.39, 0.29) is 17.1 Å². The first-order valence-corrected chi connectivity index (χ1v) is 9.27. The Morgan fingerprint density at radius 3 is 2.59 bits per heavy atom. The van der Waals surface area contributed by atoms with Gasteiger partial charge in [-0.05, 0) is 18.6 Å². The number of fused-ring (bicyclic) bond motifs is 1. The highest BCUT2D eigenvalue weighted by Crippen LogP contribution is 2.34. The molecule has 3 rings (SSSR count). The molecule has 0 amide bonds. The third-order valence-corrected chi connectivity index (χ3v) is 4.65. The van der Waals surface area contributed by atoms with E-state index in [0.717, 1.165) is 12.8 Å². The van der Waals surface area contributed by atoms with Crippen LogP contribution in [-0.2, 0) is 4.74 Å². The quantitative estimate of drug-likeness (QED) is 0.306. The van der Waals surface area contributed by atoms with Crippen LogP contribution in [0.2, 0.25) is 0 Å². The largest absolute Gasteiger partial charge is 0.499 e. The fourth-order valence-corrected chi connectivity index (χ4v) is 2.98. The maximum Gasteiger partial charge on any atom is 0.382 e. The number of aliphatic hydroxyl groups is 4. The lowest BCUT2D eigenvalue weighted by Crippen LogP contribution is -2.60. The molecule has 2 aromatic rings. The summed E-state index contributed by atoms with van der Waals surface area (Å²) in [7, 11) is 0. The molecule has 1 aromatic carbocycles. The molecule has 5 atom stereocenters. The lowest BCUT2D eigenvalue weighted by atomic mass is 9.99. The van der Waals surface area contributed by atoms with E-state index in [1.165, 1.54) is 18.2 Å². The SMILES string of the molecule is CCCCOc1c(O)c(=O)oc2cc(O[C@@H]3O[C@H](CO)[C@@H](O)[C@H](O)[C@@H]3O)ccc12. The molecule has 2 heterocycles. The predicted octanol–water partition coefficient (Wildman–Crippen LogP) is -0.144. The van der Waals surface area contributed by atoms with Crippen molar-refractivity contribution in [3.8, 4) is 17.2 Å². The van der Waals surface area contributed by atoms with Crippen LogP contribution in [0.4, 0.5) is 0 Å². The van der Waals surface area contributed by atoms with Gasteiger partial charge in [-0.2, -0.15) is 0 Å². The molecule has 0 aliphatic carbocycles. The Labute approximate surface area is 165 Å². The molecule has 10 nitrogen and oxygen atoms in total. The molecule has 5 N–H and O–H groups in total. The van der Waals surface area contributed by atoms with Crippen molar-refractivity contribution in [3.05, 3.63) is 28.6 Å². The average molecular weight is 412 g/mol. The Hall–Kier alpha value is -2.37. The van der Waals surface area contributed by atoms with Crippen molar-refractivity contribution in [2.24, 2.45) is 0 Å². The summed E-state index contributed by atoms with van der Waals surface area (Å²) >= 11 is 0. The molecule has 1 aliphatic heterocycles. The second kappa shape index (κ2) is 8.97. The zero-order valence-electron chi connectivity index (χ0n) is 15.7. The van der Waals surface area contributed by atoms with Gasteiger partial charge < -0.3 is 44.2 Å². The molecule has 1 fully saturated rings. The first-order chi connectivity index (χ1) is 13.9. The molecule has 0 saturated carbocycles. The van der Waals surface area contributed by atoms with Gasteiger partial charge in [0.1, 0.15) is 35.7 Å². The number of aliphatic hydroxyl groups excluding tert-OH is 4. The van der Waals surface area contributed by atoms with E-state index >= 15 is 0 Å². The molecule has 1 aliphatic rings. The highest BCUT2D eigenvalue weighted by atomic mass is 16.7. The molecule has 0 unspecified atom stereocenters.